The van der Waals surface area contributed by atoms with Crippen molar-refractivity contribution in [1.82, 2.24) is 4.72 Å². The topological polar surface area (TPSA) is 92.4 Å². The number of aliphatic hydroxyl groups is 1. The second-order valence-corrected chi connectivity index (χ2v) is 5.33. The molecule has 1 aromatic rings. The largest absolute Gasteiger partial charge is 0.398 e. The summed E-state index contributed by atoms with van der Waals surface area (Å²) in [5.74, 6) is -0.685. The molecule has 4 N–H and O–H groups in total. The summed E-state index contributed by atoms with van der Waals surface area (Å²) in [6, 6.07) is 3.10. The molecular formula is C10H15FN2O3S. The fourth-order valence-electron chi connectivity index (χ4n) is 1.17. The summed E-state index contributed by atoms with van der Waals surface area (Å²) in [4.78, 5) is -0.319. The van der Waals surface area contributed by atoms with Crippen LogP contribution in [0.25, 0.3) is 0 Å². The van der Waals surface area contributed by atoms with E-state index in [-0.39, 0.29) is 17.1 Å². The average Bonchev–Trinajstić information content (AvgIpc) is 2.29. The van der Waals surface area contributed by atoms with Gasteiger partial charge in [-0.1, -0.05) is 6.92 Å². The normalized spacial score (nSPS) is 13.6. The molecule has 0 fully saturated rings. The van der Waals surface area contributed by atoms with E-state index in [4.69, 9.17) is 5.73 Å². The predicted octanol–water partition coefficient (Wildman–Crippen LogP) is 0.457. The molecule has 1 rings (SSSR count). The molecule has 96 valence electrons. The second kappa shape index (κ2) is 5.44. The van der Waals surface area contributed by atoms with Crippen molar-refractivity contribution >= 4 is 15.7 Å². The molecule has 1 aromatic carbocycles. The molecule has 0 saturated carbocycles. The van der Waals surface area contributed by atoms with Gasteiger partial charge in [0.15, 0.2) is 0 Å². The Morgan fingerprint density at radius 3 is 2.76 bits per heavy atom. The van der Waals surface area contributed by atoms with Crippen LogP contribution < -0.4 is 10.5 Å². The van der Waals surface area contributed by atoms with Gasteiger partial charge < -0.3 is 10.8 Å². The first-order valence-electron chi connectivity index (χ1n) is 5.09. The molecule has 17 heavy (non-hydrogen) atoms. The van der Waals surface area contributed by atoms with E-state index in [2.05, 4.69) is 4.72 Å². The van der Waals surface area contributed by atoms with Gasteiger partial charge >= 0.3 is 0 Å². The van der Waals surface area contributed by atoms with Gasteiger partial charge in [-0.15, -0.1) is 0 Å². The molecule has 5 nitrogen and oxygen atoms in total. The zero-order chi connectivity index (χ0) is 13.1. The van der Waals surface area contributed by atoms with Crippen molar-refractivity contribution in [3.8, 4) is 0 Å². The standard InChI is InChI=1S/C10H15FN2O3S/c1-2-8(14)6-13-17(15,16)10-5-7(11)3-4-9(10)12/h3-5,8,13-14H,2,6,12H2,1H3. The SMILES string of the molecule is CCC(O)CNS(=O)(=O)c1cc(F)ccc1N. The van der Waals surface area contributed by atoms with Crippen molar-refractivity contribution in [1.29, 1.82) is 0 Å². The van der Waals surface area contributed by atoms with Crippen LogP contribution in [0.5, 0.6) is 0 Å². The maximum atomic E-state index is 12.9. The van der Waals surface area contributed by atoms with Crippen LogP contribution in [0, 0.1) is 5.82 Å². The summed E-state index contributed by atoms with van der Waals surface area (Å²) in [5.41, 5.74) is 5.43. The van der Waals surface area contributed by atoms with Crippen molar-refractivity contribution in [3.63, 3.8) is 0 Å². The Morgan fingerprint density at radius 2 is 2.18 bits per heavy atom. The van der Waals surface area contributed by atoms with Crippen molar-refractivity contribution < 1.29 is 17.9 Å². The summed E-state index contributed by atoms with van der Waals surface area (Å²) < 4.78 is 38.6. The summed E-state index contributed by atoms with van der Waals surface area (Å²) >= 11 is 0. The number of nitrogens with two attached hydrogens (primary N) is 1. The minimum Gasteiger partial charge on any atom is -0.398 e. The van der Waals surface area contributed by atoms with Gasteiger partial charge in [0.05, 0.1) is 11.8 Å². The summed E-state index contributed by atoms with van der Waals surface area (Å²) in [6.07, 6.45) is -0.360. The molecular weight excluding hydrogens is 247 g/mol. The third-order valence-electron chi connectivity index (χ3n) is 2.25. The van der Waals surface area contributed by atoms with Gasteiger partial charge in [0.2, 0.25) is 10.0 Å². The highest BCUT2D eigenvalue weighted by Gasteiger charge is 2.18. The molecule has 0 aliphatic rings. The average molecular weight is 262 g/mol. The monoisotopic (exact) mass is 262 g/mol. The Balaban J connectivity index is 2.93. The minimum absolute atomic E-state index is 0.0371. The highest BCUT2D eigenvalue weighted by Crippen LogP contribution is 2.18. The highest BCUT2D eigenvalue weighted by molar-refractivity contribution is 7.89. The molecule has 0 amide bonds. The third kappa shape index (κ3) is 3.65. The predicted molar refractivity (Wildman–Crippen MR) is 62.3 cm³/mol. The van der Waals surface area contributed by atoms with Crippen LogP contribution in [-0.2, 0) is 10.0 Å². The summed E-state index contributed by atoms with van der Waals surface area (Å²) in [7, 11) is -3.89. The lowest BCUT2D eigenvalue weighted by atomic mass is 10.3. The number of sulfonamides is 1. The zero-order valence-electron chi connectivity index (χ0n) is 9.35. The lowest BCUT2D eigenvalue weighted by molar-refractivity contribution is 0.174. The maximum absolute atomic E-state index is 12.9. The van der Waals surface area contributed by atoms with Crippen LogP contribution in [-0.4, -0.2) is 26.2 Å². The second-order valence-electron chi connectivity index (χ2n) is 3.60. The lowest BCUT2D eigenvalue weighted by Crippen LogP contribution is -2.32. The molecule has 0 heterocycles. The van der Waals surface area contributed by atoms with Crippen LogP contribution in [0.3, 0.4) is 0 Å². The van der Waals surface area contributed by atoms with E-state index in [9.17, 15) is 17.9 Å². The molecule has 1 atom stereocenters. The summed E-state index contributed by atoms with van der Waals surface area (Å²) in [5, 5.41) is 9.26. The van der Waals surface area contributed by atoms with Crippen molar-refractivity contribution in [2.45, 2.75) is 24.3 Å². The fraction of sp³-hybridized carbons (Fsp3) is 0.400. The number of nitrogen functional groups attached to an aromatic ring is 1. The van der Waals surface area contributed by atoms with Crippen LogP contribution >= 0.6 is 0 Å². The highest BCUT2D eigenvalue weighted by atomic mass is 32.2. The van der Waals surface area contributed by atoms with Crippen LogP contribution in [0.2, 0.25) is 0 Å². The van der Waals surface area contributed by atoms with Crippen molar-refractivity contribution in [3.05, 3.63) is 24.0 Å². The first kappa shape index (κ1) is 13.9. The van der Waals surface area contributed by atoms with Gasteiger partial charge in [-0.3, -0.25) is 0 Å². The number of aliphatic hydroxyl groups excluding tert-OH is 1. The Morgan fingerprint density at radius 1 is 1.53 bits per heavy atom. The summed E-state index contributed by atoms with van der Waals surface area (Å²) in [6.45, 7) is 1.59. The first-order valence-corrected chi connectivity index (χ1v) is 6.58. The Hall–Kier alpha value is -1.18. The molecule has 0 aliphatic carbocycles. The van der Waals surface area contributed by atoms with E-state index in [1.165, 1.54) is 6.07 Å². The van der Waals surface area contributed by atoms with Gasteiger partial charge in [-0.2, -0.15) is 0 Å². The third-order valence-corrected chi connectivity index (χ3v) is 3.72. The van der Waals surface area contributed by atoms with Crippen LogP contribution in [0.4, 0.5) is 10.1 Å². The Kier molecular flexibility index (Phi) is 4.44. The van der Waals surface area contributed by atoms with Crippen molar-refractivity contribution in [2.24, 2.45) is 0 Å². The Bertz CT molecular complexity index is 490. The molecule has 0 radical (unpaired) electrons. The van der Waals surface area contributed by atoms with E-state index in [0.29, 0.717) is 6.42 Å². The molecule has 0 spiro atoms. The maximum Gasteiger partial charge on any atom is 0.242 e. The number of hydrogen-bond donors (Lipinski definition) is 3. The number of hydrogen-bond acceptors (Lipinski definition) is 4. The lowest BCUT2D eigenvalue weighted by Gasteiger charge is -2.11. The van der Waals surface area contributed by atoms with Gasteiger partial charge in [0.25, 0.3) is 0 Å². The van der Waals surface area contributed by atoms with E-state index in [1.54, 1.807) is 6.92 Å². The van der Waals surface area contributed by atoms with Gasteiger partial charge in [-0.05, 0) is 24.6 Å². The number of halogens is 1. The molecule has 0 aromatic heterocycles. The Labute approximate surface area is 99.5 Å². The fourth-order valence-corrected chi connectivity index (χ4v) is 2.38. The van der Waals surface area contributed by atoms with E-state index in [1.807, 2.05) is 0 Å². The van der Waals surface area contributed by atoms with E-state index >= 15 is 0 Å². The molecule has 0 saturated heterocycles. The minimum atomic E-state index is -3.89. The number of nitrogens with one attached hydrogen (secondary N) is 1. The molecule has 1 unspecified atom stereocenters. The number of rotatable bonds is 5. The van der Waals surface area contributed by atoms with E-state index < -0.39 is 21.9 Å². The van der Waals surface area contributed by atoms with Gasteiger partial charge in [-0.25, -0.2) is 17.5 Å². The molecule has 0 bridgehead atoms. The van der Waals surface area contributed by atoms with Gasteiger partial charge in [0.1, 0.15) is 10.7 Å². The molecule has 0 aliphatic heterocycles. The molecule has 7 heteroatoms. The zero-order valence-corrected chi connectivity index (χ0v) is 10.2. The van der Waals surface area contributed by atoms with E-state index in [0.717, 1.165) is 12.1 Å². The van der Waals surface area contributed by atoms with Gasteiger partial charge in [0, 0.05) is 6.54 Å². The van der Waals surface area contributed by atoms with Crippen LogP contribution in [0.15, 0.2) is 23.1 Å². The first-order chi connectivity index (χ1) is 7.86. The van der Waals surface area contributed by atoms with Crippen molar-refractivity contribution in [2.75, 3.05) is 12.3 Å². The number of benzene rings is 1. The quantitative estimate of drug-likeness (QED) is 0.672. The van der Waals surface area contributed by atoms with Crippen LogP contribution in [0.1, 0.15) is 13.3 Å². The smallest absolute Gasteiger partial charge is 0.242 e. The number of anilines is 1.